The van der Waals surface area contributed by atoms with E-state index in [1.807, 2.05) is 12.1 Å². The maximum absolute atomic E-state index is 12.4. The average molecular weight is 278 g/mol. The summed E-state index contributed by atoms with van der Waals surface area (Å²) in [6.45, 7) is 0.765. The summed E-state index contributed by atoms with van der Waals surface area (Å²) in [7, 11) is -3.52. The van der Waals surface area contributed by atoms with Gasteiger partial charge in [-0.05, 0) is 23.6 Å². The van der Waals surface area contributed by atoms with Crippen molar-refractivity contribution in [2.75, 3.05) is 12.3 Å². The molecule has 3 N–H and O–H groups in total. The third kappa shape index (κ3) is 2.00. The third-order valence-electron chi connectivity index (χ3n) is 3.37. The molecule has 0 atom stereocenters. The lowest BCUT2D eigenvalue weighted by atomic mass is 10.00. The molecule has 100 valence electrons. The Balaban J connectivity index is 1.97. The minimum Gasteiger partial charge on any atom is -0.398 e. The second-order valence-corrected chi connectivity index (χ2v) is 6.40. The van der Waals surface area contributed by atoms with Crippen molar-refractivity contribution in [3.8, 4) is 0 Å². The third-order valence-corrected chi connectivity index (χ3v) is 5.14. The van der Waals surface area contributed by atoms with Crippen molar-refractivity contribution in [1.82, 2.24) is 14.3 Å². The Hall–Kier alpha value is -1.86. The van der Waals surface area contributed by atoms with E-state index >= 15 is 0 Å². The maximum atomic E-state index is 12.4. The SMILES string of the molecule is Nc1cccc2c1CN(S(=O)(=O)c1cnc[nH]1)CC2. The average Bonchev–Trinajstić information content (AvgIpc) is 2.93. The van der Waals surface area contributed by atoms with Crippen LogP contribution in [-0.2, 0) is 23.0 Å². The highest BCUT2D eigenvalue weighted by Crippen LogP contribution is 2.27. The van der Waals surface area contributed by atoms with Crippen molar-refractivity contribution < 1.29 is 8.42 Å². The quantitative estimate of drug-likeness (QED) is 0.792. The topological polar surface area (TPSA) is 92.1 Å². The molecule has 1 aromatic carbocycles. The van der Waals surface area contributed by atoms with Crippen LogP contribution in [0.4, 0.5) is 5.69 Å². The van der Waals surface area contributed by atoms with Gasteiger partial charge >= 0.3 is 0 Å². The summed E-state index contributed by atoms with van der Waals surface area (Å²) >= 11 is 0. The van der Waals surface area contributed by atoms with Crippen molar-refractivity contribution in [3.05, 3.63) is 41.9 Å². The molecule has 0 saturated heterocycles. The molecule has 0 saturated carbocycles. The number of H-pyrrole nitrogens is 1. The van der Waals surface area contributed by atoms with Gasteiger partial charge in [-0.1, -0.05) is 12.1 Å². The van der Waals surface area contributed by atoms with Crippen LogP contribution in [0.5, 0.6) is 0 Å². The molecule has 0 bridgehead atoms. The summed E-state index contributed by atoms with van der Waals surface area (Å²) in [5.41, 5.74) is 8.59. The number of anilines is 1. The highest BCUT2D eigenvalue weighted by molar-refractivity contribution is 7.89. The number of benzene rings is 1. The fourth-order valence-corrected chi connectivity index (χ4v) is 3.62. The van der Waals surface area contributed by atoms with E-state index in [-0.39, 0.29) is 5.03 Å². The summed E-state index contributed by atoms with van der Waals surface area (Å²) < 4.78 is 26.2. The van der Waals surface area contributed by atoms with Gasteiger partial charge in [0.05, 0.1) is 12.5 Å². The van der Waals surface area contributed by atoms with Crippen molar-refractivity contribution in [1.29, 1.82) is 0 Å². The number of nitrogens with zero attached hydrogens (tertiary/aromatic N) is 2. The zero-order chi connectivity index (χ0) is 13.5. The summed E-state index contributed by atoms with van der Waals surface area (Å²) in [6, 6.07) is 5.68. The largest absolute Gasteiger partial charge is 0.398 e. The maximum Gasteiger partial charge on any atom is 0.260 e. The first-order valence-corrected chi connectivity index (χ1v) is 7.38. The molecule has 6 nitrogen and oxygen atoms in total. The molecule has 7 heteroatoms. The number of nitrogen functional groups attached to an aromatic ring is 1. The van der Waals surface area contributed by atoms with Gasteiger partial charge in [0.15, 0.2) is 5.03 Å². The molecule has 0 spiro atoms. The van der Waals surface area contributed by atoms with E-state index in [2.05, 4.69) is 9.97 Å². The lowest BCUT2D eigenvalue weighted by Gasteiger charge is -2.28. The number of hydrogen-bond acceptors (Lipinski definition) is 4. The molecule has 3 rings (SSSR count). The molecule has 1 aromatic heterocycles. The molecular weight excluding hydrogens is 264 g/mol. The van der Waals surface area contributed by atoms with E-state index in [0.717, 1.165) is 11.1 Å². The smallest absolute Gasteiger partial charge is 0.260 e. The molecule has 1 aliphatic heterocycles. The zero-order valence-corrected chi connectivity index (χ0v) is 11.0. The number of nitrogens with one attached hydrogen (secondary N) is 1. The van der Waals surface area contributed by atoms with Crippen molar-refractivity contribution in [2.24, 2.45) is 0 Å². The summed E-state index contributed by atoms with van der Waals surface area (Å²) in [4.78, 5) is 6.40. The Morgan fingerprint density at radius 3 is 2.95 bits per heavy atom. The van der Waals surface area contributed by atoms with Gasteiger partial charge in [0.25, 0.3) is 10.0 Å². The van der Waals surface area contributed by atoms with Crippen LogP contribution in [0.15, 0.2) is 35.7 Å². The lowest BCUT2D eigenvalue weighted by molar-refractivity contribution is 0.390. The highest BCUT2D eigenvalue weighted by Gasteiger charge is 2.29. The monoisotopic (exact) mass is 278 g/mol. The van der Waals surface area contributed by atoms with Gasteiger partial charge in [-0.15, -0.1) is 0 Å². The predicted octanol–water partition coefficient (Wildman–Crippen LogP) is 0.739. The molecule has 0 fully saturated rings. The van der Waals surface area contributed by atoms with Crippen LogP contribution >= 0.6 is 0 Å². The molecule has 19 heavy (non-hydrogen) atoms. The van der Waals surface area contributed by atoms with Gasteiger partial charge in [0, 0.05) is 18.8 Å². The number of nitrogens with two attached hydrogens (primary N) is 1. The number of aromatic nitrogens is 2. The van der Waals surface area contributed by atoms with Gasteiger partial charge < -0.3 is 10.7 Å². The van der Waals surface area contributed by atoms with Crippen LogP contribution < -0.4 is 5.73 Å². The zero-order valence-electron chi connectivity index (χ0n) is 10.2. The van der Waals surface area contributed by atoms with Crippen LogP contribution in [0.25, 0.3) is 0 Å². The highest BCUT2D eigenvalue weighted by atomic mass is 32.2. The van der Waals surface area contributed by atoms with Gasteiger partial charge in [-0.25, -0.2) is 13.4 Å². The second-order valence-electron chi connectivity index (χ2n) is 4.49. The first kappa shape index (κ1) is 12.2. The fraction of sp³-hybridized carbons (Fsp3) is 0.250. The number of fused-ring (bicyclic) bond motifs is 1. The van der Waals surface area contributed by atoms with Gasteiger partial charge in [0.1, 0.15) is 0 Å². The Kier molecular flexibility index (Phi) is 2.79. The van der Waals surface area contributed by atoms with E-state index in [0.29, 0.717) is 25.2 Å². The lowest BCUT2D eigenvalue weighted by Crippen LogP contribution is -2.36. The minimum atomic E-state index is -3.52. The number of rotatable bonds is 2. The van der Waals surface area contributed by atoms with Crippen molar-refractivity contribution in [3.63, 3.8) is 0 Å². The normalized spacial score (nSPS) is 16.2. The molecule has 0 unspecified atom stereocenters. The molecule has 2 aromatic rings. The second kappa shape index (κ2) is 4.36. The Morgan fingerprint density at radius 1 is 1.37 bits per heavy atom. The number of aromatic amines is 1. The Morgan fingerprint density at radius 2 is 2.21 bits per heavy atom. The predicted molar refractivity (Wildman–Crippen MR) is 70.7 cm³/mol. The van der Waals surface area contributed by atoms with Gasteiger partial charge in [-0.3, -0.25) is 0 Å². The van der Waals surface area contributed by atoms with Crippen LogP contribution in [0, 0.1) is 0 Å². The molecular formula is C12H14N4O2S. The van der Waals surface area contributed by atoms with Crippen LogP contribution in [0.1, 0.15) is 11.1 Å². The summed E-state index contributed by atoms with van der Waals surface area (Å²) in [5.74, 6) is 0. The van der Waals surface area contributed by atoms with E-state index in [4.69, 9.17) is 5.73 Å². The summed E-state index contributed by atoms with van der Waals surface area (Å²) in [5, 5.41) is 0.116. The molecule has 2 heterocycles. The van der Waals surface area contributed by atoms with E-state index in [1.54, 1.807) is 6.07 Å². The number of hydrogen-bond donors (Lipinski definition) is 2. The first-order chi connectivity index (χ1) is 9.09. The standard InChI is InChI=1S/C12H14N4O2S/c13-11-3-1-2-9-4-5-16(7-10(9)11)19(17,18)12-6-14-8-15-12/h1-3,6,8H,4-5,7,13H2,(H,14,15). The molecule has 0 amide bonds. The van der Waals surface area contributed by atoms with Crippen LogP contribution in [0.2, 0.25) is 0 Å². The van der Waals surface area contributed by atoms with E-state index in [9.17, 15) is 8.42 Å². The van der Waals surface area contributed by atoms with E-state index < -0.39 is 10.0 Å². The molecule has 0 radical (unpaired) electrons. The molecule has 0 aliphatic carbocycles. The Labute approximate surface area is 111 Å². The fourth-order valence-electron chi connectivity index (χ4n) is 2.31. The van der Waals surface area contributed by atoms with Crippen molar-refractivity contribution in [2.45, 2.75) is 18.0 Å². The minimum absolute atomic E-state index is 0.116. The van der Waals surface area contributed by atoms with Crippen LogP contribution in [-0.4, -0.2) is 29.2 Å². The van der Waals surface area contributed by atoms with E-state index in [1.165, 1.54) is 16.8 Å². The van der Waals surface area contributed by atoms with Gasteiger partial charge in [0.2, 0.25) is 0 Å². The summed E-state index contributed by atoms with van der Waals surface area (Å²) in [6.07, 6.45) is 3.35. The van der Waals surface area contributed by atoms with Crippen LogP contribution in [0.3, 0.4) is 0 Å². The number of imidazole rings is 1. The molecule has 1 aliphatic rings. The Bertz CT molecular complexity index is 695. The first-order valence-electron chi connectivity index (χ1n) is 5.94. The number of sulfonamides is 1. The van der Waals surface area contributed by atoms with Gasteiger partial charge in [-0.2, -0.15) is 4.31 Å². The van der Waals surface area contributed by atoms with Crippen molar-refractivity contribution >= 4 is 15.7 Å².